The average molecular weight is 254 g/mol. The Balaban J connectivity index is 2.93. The first-order valence-corrected chi connectivity index (χ1v) is 5.27. The van der Waals surface area contributed by atoms with Crippen molar-refractivity contribution >= 4 is 11.9 Å². The minimum Gasteiger partial charge on any atom is -0.478 e. The Bertz CT molecular complexity index is 452. The predicted octanol–water partition coefficient (Wildman–Crippen LogP) is 0.980. The van der Waals surface area contributed by atoms with Gasteiger partial charge in [0.05, 0.1) is 30.4 Å². The van der Waals surface area contributed by atoms with Crippen molar-refractivity contribution in [3.05, 3.63) is 34.9 Å². The van der Waals surface area contributed by atoms with E-state index in [1.54, 1.807) is 0 Å². The van der Waals surface area contributed by atoms with E-state index in [0.717, 1.165) is 0 Å². The highest BCUT2D eigenvalue weighted by Crippen LogP contribution is 2.14. The number of hydrogen-bond acceptors (Lipinski definition) is 4. The molecular weight excluding hydrogens is 240 g/mol. The summed E-state index contributed by atoms with van der Waals surface area (Å²) in [7, 11) is 0. The van der Waals surface area contributed by atoms with E-state index in [9.17, 15) is 9.59 Å². The van der Waals surface area contributed by atoms with E-state index in [-0.39, 0.29) is 29.9 Å². The predicted molar refractivity (Wildman–Crippen MR) is 61.7 cm³/mol. The summed E-state index contributed by atoms with van der Waals surface area (Å²) in [5.74, 6) is -2.29. The Morgan fingerprint density at radius 1 is 1.28 bits per heavy atom. The molecule has 18 heavy (non-hydrogen) atoms. The fourth-order valence-corrected chi connectivity index (χ4v) is 1.39. The first-order valence-electron chi connectivity index (χ1n) is 5.27. The smallest absolute Gasteiger partial charge is 0.336 e. The van der Waals surface area contributed by atoms with Crippen LogP contribution in [0.4, 0.5) is 0 Å². The summed E-state index contributed by atoms with van der Waals surface area (Å²) in [6, 6.07) is 3.71. The number of aliphatic hydroxyl groups is 1. The van der Waals surface area contributed by atoms with Crippen LogP contribution >= 0.6 is 0 Å². The summed E-state index contributed by atoms with van der Waals surface area (Å²) < 4.78 is 5.10. The number of hydrogen-bond donors (Lipinski definition) is 3. The molecule has 0 heterocycles. The fourth-order valence-electron chi connectivity index (χ4n) is 1.39. The monoisotopic (exact) mass is 254 g/mol. The lowest BCUT2D eigenvalue weighted by atomic mass is 10.0. The molecule has 6 nitrogen and oxygen atoms in total. The molecule has 98 valence electrons. The Labute approximate surface area is 103 Å². The van der Waals surface area contributed by atoms with E-state index in [4.69, 9.17) is 20.1 Å². The van der Waals surface area contributed by atoms with Gasteiger partial charge in [-0.1, -0.05) is 0 Å². The van der Waals surface area contributed by atoms with Crippen molar-refractivity contribution in [1.29, 1.82) is 0 Å². The third-order valence-electron chi connectivity index (χ3n) is 2.20. The number of carboxylic acid groups (broad SMARTS) is 2. The molecule has 0 aliphatic heterocycles. The van der Waals surface area contributed by atoms with Gasteiger partial charge in [-0.2, -0.15) is 0 Å². The maximum absolute atomic E-state index is 10.9. The van der Waals surface area contributed by atoms with Gasteiger partial charge in [-0.15, -0.1) is 0 Å². The Kier molecular flexibility index (Phi) is 4.82. The molecule has 0 aliphatic rings. The molecule has 0 bridgehead atoms. The molecular formula is C12H14O6. The lowest BCUT2D eigenvalue weighted by Crippen LogP contribution is -2.12. The molecule has 0 saturated carbocycles. The van der Waals surface area contributed by atoms with Gasteiger partial charge < -0.3 is 20.1 Å². The van der Waals surface area contributed by atoms with Gasteiger partial charge in [0, 0.05) is 0 Å². The summed E-state index contributed by atoms with van der Waals surface area (Å²) in [6.45, 7) is 1.52. The highest BCUT2D eigenvalue weighted by atomic mass is 16.5. The molecule has 6 heteroatoms. The maximum Gasteiger partial charge on any atom is 0.336 e. The van der Waals surface area contributed by atoms with Gasteiger partial charge in [0.25, 0.3) is 0 Å². The lowest BCUT2D eigenvalue weighted by molar-refractivity contribution is 0.0367. The molecule has 1 aromatic rings. The van der Waals surface area contributed by atoms with Crippen LogP contribution in [-0.2, 0) is 11.3 Å². The number of carbonyl (C=O) groups is 2. The van der Waals surface area contributed by atoms with Crippen molar-refractivity contribution in [3.8, 4) is 0 Å². The van der Waals surface area contributed by atoms with Crippen molar-refractivity contribution in [2.45, 2.75) is 19.6 Å². The second-order valence-electron chi connectivity index (χ2n) is 3.85. The van der Waals surface area contributed by atoms with E-state index in [1.165, 1.54) is 25.1 Å². The fraction of sp³-hybridized carbons (Fsp3) is 0.333. The summed E-state index contributed by atoms with van der Waals surface area (Å²) in [5, 5.41) is 26.8. The van der Waals surface area contributed by atoms with E-state index >= 15 is 0 Å². The van der Waals surface area contributed by atoms with Crippen LogP contribution < -0.4 is 0 Å². The normalized spacial score (nSPS) is 12.1. The first kappa shape index (κ1) is 14.1. The van der Waals surface area contributed by atoms with Crippen molar-refractivity contribution in [2.75, 3.05) is 6.61 Å². The van der Waals surface area contributed by atoms with Crippen molar-refractivity contribution in [1.82, 2.24) is 0 Å². The van der Waals surface area contributed by atoms with Crippen molar-refractivity contribution in [3.63, 3.8) is 0 Å². The Morgan fingerprint density at radius 3 is 2.44 bits per heavy atom. The largest absolute Gasteiger partial charge is 0.478 e. The van der Waals surface area contributed by atoms with E-state index < -0.39 is 18.0 Å². The van der Waals surface area contributed by atoms with Crippen LogP contribution in [0.15, 0.2) is 18.2 Å². The van der Waals surface area contributed by atoms with Gasteiger partial charge in [-0.25, -0.2) is 9.59 Å². The number of rotatable bonds is 6. The molecule has 1 aromatic carbocycles. The zero-order valence-corrected chi connectivity index (χ0v) is 9.79. The van der Waals surface area contributed by atoms with Crippen LogP contribution in [0.2, 0.25) is 0 Å². The van der Waals surface area contributed by atoms with Gasteiger partial charge in [-0.05, 0) is 30.7 Å². The average Bonchev–Trinajstić information content (AvgIpc) is 2.27. The molecule has 1 rings (SSSR count). The number of aliphatic hydroxyl groups excluding tert-OH is 1. The number of ether oxygens (including phenoxy) is 1. The summed E-state index contributed by atoms with van der Waals surface area (Å²) in [6.07, 6.45) is -0.666. The molecule has 0 radical (unpaired) electrons. The lowest BCUT2D eigenvalue weighted by Gasteiger charge is -2.09. The first-order chi connectivity index (χ1) is 8.41. The van der Waals surface area contributed by atoms with Crippen LogP contribution in [0, 0.1) is 0 Å². The van der Waals surface area contributed by atoms with Crippen LogP contribution in [0.3, 0.4) is 0 Å². The Hall–Kier alpha value is -1.92. The van der Waals surface area contributed by atoms with Crippen LogP contribution in [0.5, 0.6) is 0 Å². The minimum atomic E-state index is -1.15. The zero-order chi connectivity index (χ0) is 13.7. The van der Waals surface area contributed by atoms with Gasteiger partial charge in [0.2, 0.25) is 0 Å². The SMILES string of the molecule is CC(O)COCc1cc(C(=O)O)ccc1C(=O)O. The van der Waals surface area contributed by atoms with Crippen LogP contribution in [-0.4, -0.2) is 40.0 Å². The maximum atomic E-state index is 10.9. The number of aromatic carboxylic acids is 2. The number of carboxylic acids is 2. The van der Waals surface area contributed by atoms with E-state index in [0.29, 0.717) is 0 Å². The second-order valence-corrected chi connectivity index (χ2v) is 3.85. The molecule has 0 fully saturated rings. The van der Waals surface area contributed by atoms with E-state index in [2.05, 4.69) is 0 Å². The van der Waals surface area contributed by atoms with Gasteiger partial charge in [0.15, 0.2) is 0 Å². The minimum absolute atomic E-state index is 0.00403. The van der Waals surface area contributed by atoms with Crippen LogP contribution in [0.1, 0.15) is 33.2 Å². The van der Waals surface area contributed by atoms with Gasteiger partial charge in [-0.3, -0.25) is 0 Å². The van der Waals surface area contributed by atoms with Crippen molar-refractivity contribution in [2.24, 2.45) is 0 Å². The molecule has 0 saturated heterocycles. The zero-order valence-electron chi connectivity index (χ0n) is 9.79. The molecule has 3 N–H and O–H groups in total. The summed E-state index contributed by atoms with van der Waals surface area (Å²) in [5.41, 5.74) is 0.254. The van der Waals surface area contributed by atoms with Crippen LogP contribution in [0.25, 0.3) is 0 Å². The third-order valence-corrected chi connectivity index (χ3v) is 2.20. The molecule has 0 spiro atoms. The number of benzene rings is 1. The van der Waals surface area contributed by atoms with Gasteiger partial charge >= 0.3 is 11.9 Å². The van der Waals surface area contributed by atoms with Crippen molar-refractivity contribution < 1.29 is 29.6 Å². The highest BCUT2D eigenvalue weighted by Gasteiger charge is 2.13. The molecule has 1 atom stereocenters. The third kappa shape index (κ3) is 3.83. The van der Waals surface area contributed by atoms with Gasteiger partial charge in [0.1, 0.15) is 0 Å². The topological polar surface area (TPSA) is 104 Å². The quantitative estimate of drug-likeness (QED) is 0.699. The van der Waals surface area contributed by atoms with E-state index in [1.807, 2.05) is 0 Å². The highest BCUT2D eigenvalue weighted by molar-refractivity contribution is 5.93. The standard InChI is InChI=1S/C12H14O6/c1-7(13)5-18-6-9-4-8(11(14)15)2-3-10(9)12(16)17/h2-4,7,13H,5-6H2,1H3,(H,14,15)(H,16,17). The summed E-state index contributed by atoms with van der Waals surface area (Å²) >= 11 is 0. The Morgan fingerprint density at radius 2 is 1.94 bits per heavy atom. The molecule has 0 aromatic heterocycles. The molecule has 0 amide bonds. The second kappa shape index (κ2) is 6.13. The molecule has 1 unspecified atom stereocenters. The molecule has 0 aliphatic carbocycles. The summed E-state index contributed by atoms with van der Waals surface area (Å²) in [4.78, 5) is 21.7.